The topological polar surface area (TPSA) is 34.4 Å². The standard InChI is InChI=1S/C18H27NO2/c1-7-20-17(18(3,4)5)16(19-6)15-11-13-10-12(2)8-9-14(13)21-15/h8-11,16-17,19H,7H2,1-6H3. The second-order valence-electron chi connectivity index (χ2n) is 6.70. The van der Waals surface area contributed by atoms with E-state index in [9.17, 15) is 0 Å². The van der Waals surface area contributed by atoms with Gasteiger partial charge in [-0.25, -0.2) is 0 Å². The van der Waals surface area contributed by atoms with Crippen molar-refractivity contribution < 1.29 is 9.15 Å². The third kappa shape index (κ3) is 3.47. The van der Waals surface area contributed by atoms with Crippen molar-refractivity contribution in [2.45, 2.75) is 46.8 Å². The van der Waals surface area contributed by atoms with Gasteiger partial charge < -0.3 is 14.5 Å². The summed E-state index contributed by atoms with van der Waals surface area (Å²) in [5.41, 5.74) is 2.20. The molecule has 1 heterocycles. The molecule has 0 aliphatic carbocycles. The van der Waals surface area contributed by atoms with Gasteiger partial charge in [0.05, 0.1) is 12.1 Å². The number of hydrogen-bond donors (Lipinski definition) is 1. The average molecular weight is 289 g/mol. The van der Waals surface area contributed by atoms with Crippen LogP contribution in [0.5, 0.6) is 0 Å². The summed E-state index contributed by atoms with van der Waals surface area (Å²) in [5, 5.41) is 4.51. The van der Waals surface area contributed by atoms with Crippen LogP contribution in [0.1, 0.15) is 45.1 Å². The highest BCUT2D eigenvalue weighted by Gasteiger charge is 2.35. The summed E-state index contributed by atoms with van der Waals surface area (Å²) in [7, 11) is 1.96. The zero-order chi connectivity index (χ0) is 15.6. The molecule has 3 heteroatoms. The van der Waals surface area contributed by atoms with Crippen molar-refractivity contribution in [1.82, 2.24) is 5.32 Å². The first-order chi connectivity index (χ1) is 9.86. The normalized spacial score (nSPS) is 15.3. The van der Waals surface area contributed by atoms with E-state index < -0.39 is 0 Å². The van der Waals surface area contributed by atoms with Crippen molar-refractivity contribution in [2.24, 2.45) is 5.41 Å². The molecule has 0 saturated heterocycles. The van der Waals surface area contributed by atoms with E-state index >= 15 is 0 Å². The van der Waals surface area contributed by atoms with Gasteiger partial charge in [0.15, 0.2) is 0 Å². The van der Waals surface area contributed by atoms with Gasteiger partial charge in [0.2, 0.25) is 0 Å². The number of nitrogens with one attached hydrogen (secondary N) is 1. The van der Waals surface area contributed by atoms with E-state index in [1.807, 2.05) is 20.0 Å². The van der Waals surface area contributed by atoms with Crippen LogP contribution < -0.4 is 5.32 Å². The molecule has 2 unspecified atom stereocenters. The third-order valence-electron chi connectivity index (χ3n) is 3.81. The van der Waals surface area contributed by atoms with Crippen molar-refractivity contribution in [1.29, 1.82) is 0 Å². The highest BCUT2D eigenvalue weighted by molar-refractivity contribution is 5.78. The SMILES string of the molecule is CCOC(C(NC)c1cc2cc(C)ccc2o1)C(C)(C)C. The largest absolute Gasteiger partial charge is 0.459 e. The molecule has 2 rings (SSSR count). The maximum Gasteiger partial charge on any atom is 0.134 e. The van der Waals surface area contributed by atoms with Crippen LogP contribution in [0.2, 0.25) is 0 Å². The second kappa shape index (κ2) is 6.20. The number of ether oxygens (including phenoxy) is 1. The number of rotatable bonds is 5. The molecule has 0 spiro atoms. The first-order valence-corrected chi connectivity index (χ1v) is 7.65. The first-order valence-electron chi connectivity index (χ1n) is 7.65. The van der Waals surface area contributed by atoms with Gasteiger partial charge in [-0.15, -0.1) is 0 Å². The number of hydrogen-bond acceptors (Lipinski definition) is 3. The van der Waals surface area contributed by atoms with Crippen molar-refractivity contribution in [2.75, 3.05) is 13.7 Å². The van der Waals surface area contributed by atoms with E-state index in [0.717, 1.165) is 16.7 Å². The minimum atomic E-state index is 0.0264. The highest BCUT2D eigenvalue weighted by Crippen LogP contribution is 2.35. The summed E-state index contributed by atoms with van der Waals surface area (Å²) in [6.07, 6.45) is 0.0501. The van der Waals surface area contributed by atoms with Crippen LogP contribution in [0.3, 0.4) is 0 Å². The van der Waals surface area contributed by atoms with Crippen LogP contribution in [0.4, 0.5) is 0 Å². The second-order valence-corrected chi connectivity index (χ2v) is 6.70. The summed E-state index contributed by atoms with van der Waals surface area (Å²) in [5.74, 6) is 0.937. The smallest absolute Gasteiger partial charge is 0.134 e. The lowest BCUT2D eigenvalue weighted by Gasteiger charge is -2.35. The maximum atomic E-state index is 6.06. The quantitative estimate of drug-likeness (QED) is 0.883. The molecular weight excluding hydrogens is 262 g/mol. The maximum absolute atomic E-state index is 6.06. The van der Waals surface area contributed by atoms with Gasteiger partial charge in [0, 0.05) is 12.0 Å². The van der Waals surface area contributed by atoms with Crippen LogP contribution >= 0.6 is 0 Å². The number of furan rings is 1. The van der Waals surface area contributed by atoms with Gasteiger partial charge in [-0.1, -0.05) is 32.4 Å². The minimum Gasteiger partial charge on any atom is -0.459 e. The number of likely N-dealkylation sites (N-methyl/N-ethyl adjacent to an activating group) is 1. The molecule has 0 aliphatic heterocycles. The van der Waals surface area contributed by atoms with Gasteiger partial charge in [-0.2, -0.15) is 0 Å². The molecule has 116 valence electrons. The third-order valence-corrected chi connectivity index (χ3v) is 3.81. The van der Waals surface area contributed by atoms with E-state index in [0.29, 0.717) is 6.61 Å². The Hall–Kier alpha value is -1.32. The van der Waals surface area contributed by atoms with Crippen molar-refractivity contribution >= 4 is 11.0 Å². The van der Waals surface area contributed by atoms with E-state index in [1.165, 1.54) is 5.56 Å². The highest BCUT2D eigenvalue weighted by atomic mass is 16.5. The molecular formula is C18H27NO2. The Morgan fingerprint density at radius 2 is 1.95 bits per heavy atom. The average Bonchev–Trinajstić information content (AvgIpc) is 2.80. The van der Waals surface area contributed by atoms with E-state index in [1.54, 1.807) is 0 Å². The zero-order valence-electron chi connectivity index (χ0n) is 14.0. The van der Waals surface area contributed by atoms with E-state index in [4.69, 9.17) is 9.15 Å². The van der Waals surface area contributed by atoms with Crippen molar-refractivity contribution in [3.05, 3.63) is 35.6 Å². The molecule has 21 heavy (non-hydrogen) atoms. The summed E-state index contributed by atoms with van der Waals surface area (Å²) in [6.45, 7) is 11.4. The molecule has 0 bridgehead atoms. The fourth-order valence-corrected chi connectivity index (χ4v) is 2.81. The predicted molar refractivity (Wildman–Crippen MR) is 87.6 cm³/mol. The molecule has 0 aliphatic rings. The number of benzene rings is 1. The lowest BCUT2D eigenvalue weighted by Crippen LogP contribution is -2.40. The van der Waals surface area contributed by atoms with E-state index in [-0.39, 0.29) is 17.6 Å². The molecule has 2 aromatic rings. The number of fused-ring (bicyclic) bond motifs is 1. The molecule has 1 aromatic carbocycles. The minimum absolute atomic E-state index is 0.0264. The zero-order valence-corrected chi connectivity index (χ0v) is 14.0. The monoisotopic (exact) mass is 289 g/mol. The molecule has 2 atom stereocenters. The summed E-state index contributed by atoms with van der Waals surface area (Å²) in [4.78, 5) is 0. The van der Waals surface area contributed by atoms with Gasteiger partial charge in [-0.05, 0) is 44.5 Å². The molecule has 1 aromatic heterocycles. The van der Waals surface area contributed by atoms with Gasteiger partial charge in [-0.3, -0.25) is 0 Å². The summed E-state index contributed by atoms with van der Waals surface area (Å²) < 4.78 is 12.1. The molecule has 3 nitrogen and oxygen atoms in total. The molecule has 0 radical (unpaired) electrons. The Bertz CT molecular complexity index is 595. The fourth-order valence-electron chi connectivity index (χ4n) is 2.81. The lowest BCUT2D eigenvalue weighted by atomic mass is 9.83. The Balaban J connectivity index is 2.41. The predicted octanol–water partition coefficient (Wildman–Crippen LogP) is 4.45. The summed E-state index contributed by atoms with van der Waals surface area (Å²) in [6, 6.07) is 8.43. The van der Waals surface area contributed by atoms with E-state index in [2.05, 4.69) is 51.2 Å². The van der Waals surface area contributed by atoms with Crippen LogP contribution in [0.25, 0.3) is 11.0 Å². The Morgan fingerprint density at radius 3 is 2.52 bits per heavy atom. The van der Waals surface area contributed by atoms with Crippen molar-refractivity contribution in [3.8, 4) is 0 Å². The first kappa shape index (κ1) is 16.1. The van der Waals surface area contributed by atoms with Crippen LogP contribution in [0, 0.1) is 12.3 Å². The molecule has 0 saturated carbocycles. The Kier molecular flexibility index (Phi) is 4.74. The number of aryl methyl sites for hydroxylation is 1. The molecule has 1 N–H and O–H groups in total. The Labute approximate surface area is 127 Å². The van der Waals surface area contributed by atoms with Crippen LogP contribution in [-0.4, -0.2) is 19.8 Å². The van der Waals surface area contributed by atoms with Crippen molar-refractivity contribution in [3.63, 3.8) is 0 Å². The van der Waals surface area contributed by atoms with Gasteiger partial charge in [0.1, 0.15) is 11.3 Å². The molecule has 0 amide bonds. The lowest BCUT2D eigenvalue weighted by molar-refractivity contribution is -0.0390. The van der Waals surface area contributed by atoms with Crippen LogP contribution in [-0.2, 0) is 4.74 Å². The van der Waals surface area contributed by atoms with Crippen LogP contribution in [0.15, 0.2) is 28.7 Å². The van der Waals surface area contributed by atoms with Gasteiger partial charge in [0.25, 0.3) is 0 Å². The summed E-state index contributed by atoms with van der Waals surface area (Å²) >= 11 is 0. The Morgan fingerprint density at radius 1 is 1.24 bits per heavy atom. The fraction of sp³-hybridized carbons (Fsp3) is 0.556. The van der Waals surface area contributed by atoms with Gasteiger partial charge >= 0.3 is 0 Å². The molecule has 0 fully saturated rings.